The van der Waals surface area contributed by atoms with Gasteiger partial charge >= 0.3 is 0 Å². The van der Waals surface area contributed by atoms with Crippen molar-refractivity contribution in [2.45, 2.75) is 0 Å². The monoisotopic (exact) mass is 151 g/mol. The minimum absolute atomic E-state index is 0.370. The van der Waals surface area contributed by atoms with Crippen LogP contribution in [0.3, 0.4) is 0 Å². The summed E-state index contributed by atoms with van der Waals surface area (Å²) < 4.78 is 0. The van der Waals surface area contributed by atoms with Crippen molar-refractivity contribution in [1.29, 1.82) is 10.7 Å². The van der Waals surface area contributed by atoms with Crippen molar-refractivity contribution in [2.75, 3.05) is 0 Å². The highest BCUT2D eigenvalue weighted by Gasteiger charge is 2.05. The molecule has 0 aliphatic carbocycles. The van der Waals surface area contributed by atoms with E-state index in [0.29, 0.717) is 5.57 Å². The third-order valence-corrected chi connectivity index (χ3v) is 1.82. The van der Waals surface area contributed by atoms with Crippen LogP contribution in [-0.4, -0.2) is 6.21 Å². The van der Waals surface area contributed by atoms with Crippen LogP contribution in [0.5, 0.6) is 0 Å². The Bertz CT molecular complexity index is 236. The lowest BCUT2D eigenvalue weighted by Crippen LogP contribution is -1.99. The zero-order valence-electron chi connectivity index (χ0n) is 5.09. The molecule has 0 amide bonds. The van der Waals surface area contributed by atoms with Crippen LogP contribution in [0.1, 0.15) is 0 Å². The smallest absolute Gasteiger partial charge is 0.104 e. The maximum atomic E-state index is 8.45. The number of hydrogen-bond acceptors (Lipinski definition) is 4. The third-order valence-electron chi connectivity index (χ3n) is 0.978. The number of nitrogens with one attached hydrogen (secondary N) is 2. The minimum atomic E-state index is 0.370. The van der Waals surface area contributed by atoms with E-state index in [1.54, 1.807) is 6.20 Å². The molecule has 0 spiro atoms. The summed E-state index contributed by atoms with van der Waals surface area (Å²) in [5.74, 6) is 0. The Labute approximate surface area is 62.9 Å². The minimum Gasteiger partial charge on any atom is -0.355 e. The molecular formula is C6H5N3S. The summed E-state index contributed by atoms with van der Waals surface area (Å²) in [5.41, 5.74) is 0.370. The summed E-state index contributed by atoms with van der Waals surface area (Å²) in [6.45, 7) is 0. The predicted molar refractivity (Wildman–Crippen MR) is 41.3 cm³/mol. The van der Waals surface area contributed by atoms with Crippen molar-refractivity contribution in [1.82, 2.24) is 5.32 Å². The van der Waals surface area contributed by atoms with Gasteiger partial charge in [-0.05, 0) is 5.41 Å². The lowest BCUT2D eigenvalue weighted by atomic mass is 10.3. The van der Waals surface area contributed by atoms with E-state index in [0.717, 1.165) is 11.2 Å². The highest BCUT2D eigenvalue weighted by Crippen LogP contribution is 2.21. The maximum absolute atomic E-state index is 8.45. The number of nitriles is 1. The van der Waals surface area contributed by atoms with Crippen molar-refractivity contribution < 1.29 is 0 Å². The maximum Gasteiger partial charge on any atom is 0.104 e. The number of rotatable bonds is 1. The van der Waals surface area contributed by atoms with E-state index < -0.39 is 0 Å². The highest BCUT2D eigenvalue weighted by molar-refractivity contribution is 8.06. The molecule has 1 aliphatic rings. The van der Waals surface area contributed by atoms with Gasteiger partial charge in [0.2, 0.25) is 0 Å². The molecule has 4 heteroatoms. The summed E-state index contributed by atoms with van der Waals surface area (Å²) in [6, 6.07) is 1.91. The summed E-state index contributed by atoms with van der Waals surface area (Å²) in [7, 11) is 0. The van der Waals surface area contributed by atoms with Crippen LogP contribution in [0.15, 0.2) is 22.2 Å². The van der Waals surface area contributed by atoms with Crippen LogP contribution in [0, 0.1) is 16.7 Å². The quantitative estimate of drug-likeness (QED) is 0.437. The van der Waals surface area contributed by atoms with Crippen molar-refractivity contribution in [3.8, 4) is 6.07 Å². The first-order valence-corrected chi connectivity index (χ1v) is 3.49. The van der Waals surface area contributed by atoms with Crippen LogP contribution in [0.2, 0.25) is 0 Å². The topological polar surface area (TPSA) is 59.7 Å². The average molecular weight is 151 g/mol. The molecule has 1 heterocycles. The fraction of sp³-hybridized carbons (Fsp3) is 0. The van der Waals surface area contributed by atoms with Gasteiger partial charge in [0.15, 0.2) is 0 Å². The van der Waals surface area contributed by atoms with E-state index >= 15 is 0 Å². The zero-order chi connectivity index (χ0) is 7.40. The van der Waals surface area contributed by atoms with Crippen LogP contribution in [0.4, 0.5) is 0 Å². The first kappa shape index (κ1) is 6.90. The first-order chi connectivity index (χ1) is 4.88. The van der Waals surface area contributed by atoms with Gasteiger partial charge < -0.3 is 10.7 Å². The predicted octanol–water partition coefficient (Wildman–Crippen LogP) is 1.18. The number of hydrogen-bond donors (Lipinski definition) is 2. The normalized spacial score (nSPS) is 19.5. The lowest BCUT2D eigenvalue weighted by molar-refractivity contribution is 1.18. The van der Waals surface area contributed by atoms with E-state index in [2.05, 4.69) is 5.32 Å². The van der Waals surface area contributed by atoms with Crippen molar-refractivity contribution in [3.05, 3.63) is 22.2 Å². The van der Waals surface area contributed by atoms with Gasteiger partial charge in [-0.25, -0.2) is 0 Å². The highest BCUT2D eigenvalue weighted by atomic mass is 32.2. The molecule has 2 N–H and O–H groups in total. The van der Waals surface area contributed by atoms with E-state index in [4.69, 9.17) is 10.7 Å². The molecule has 0 bridgehead atoms. The van der Waals surface area contributed by atoms with Gasteiger partial charge in [-0.15, -0.1) is 0 Å². The first-order valence-electron chi connectivity index (χ1n) is 2.61. The van der Waals surface area contributed by atoms with E-state index in [1.807, 2.05) is 11.5 Å². The molecule has 0 atom stereocenters. The molecule has 10 heavy (non-hydrogen) atoms. The average Bonchev–Trinajstić information content (AvgIpc) is 2.43. The van der Waals surface area contributed by atoms with Crippen molar-refractivity contribution in [3.63, 3.8) is 0 Å². The zero-order valence-corrected chi connectivity index (χ0v) is 5.90. The second-order valence-corrected chi connectivity index (χ2v) is 2.48. The molecule has 0 fully saturated rings. The van der Waals surface area contributed by atoms with E-state index in [9.17, 15) is 0 Å². The molecule has 0 saturated carbocycles. The van der Waals surface area contributed by atoms with Gasteiger partial charge in [0, 0.05) is 12.4 Å². The largest absolute Gasteiger partial charge is 0.355 e. The Morgan fingerprint density at radius 2 is 2.70 bits per heavy atom. The Balaban J connectivity index is 2.85. The van der Waals surface area contributed by atoms with Gasteiger partial charge in [-0.2, -0.15) is 5.26 Å². The summed E-state index contributed by atoms with van der Waals surface area (Å²) in [4.78, 5) is 0. The molecular weight excluding hydrogens is 146 g/mol. The molecule has 3 nitrogen and oxygen atoms in total. The molecule has 1 rings (SSSR count). The molecule has 0 aromatic heterocycles. The van der Waals surface area contributed by atoms with Crippen LogP contribution >= 0.6 is 11.8 Å². The van der Waals surface area contributed by atoms with Gasteiger partial charge in [-0.1, -0.05) is 11.8 Å². The Morgan fingerprint density at radius 3 is 3.10 bits per heavy atom. The number of thioether (sulfide) groups is 1. The number of allylic oxidation sites excluding steroid dienone is 1. The fourth-order valence-electron chi connectivity index (χ4n) is 0.536. The van der Waals surface area contributed by atoms with Gasteiger partial charge in [0.1, 0.15) is 6.07 Å². The Hall–Kier alpha value is -1.21. The molecule has 0 saturated heterocycles. The Morgan fingerprint density at radius 1 is 1.90 bits per heavy atom. The SMILES string of the molecule is N#C/C(C=N)=C1/NC=CS1. The van der Waals surface area contributed by atoms with Gasteiger partial charge in [0.25, 0.3) is 0 Å². The summed E-state index contributed by atoms with van der Waals surface area (Å²) >= 11 is 1.41. The second kappa shape index (κ2) is 3.08. The van der Waals surface area contributed by atoms with Gasteiger partial charge in [-0.3, -0.25) is 0 Å². The third kappa shape index (κ3) is 1.20. The summed E-state index contributed by atoms with van der Waals surface area (Å²) in [6.07, 6.45) is 2.78. The van der Waals surface area contributed by atoms with Crippen molar-refractivity contribution in [2.24, 2.45) is 0 Å². The molecule has 50 valence electrons. The van der Waals surface area contributed by atoms with E-state index in [-0.39, 0.29) is 0 Å². The second-order valence-electron chi connectivity index (χ2n) is 1.56. The van der Waals surface area contributed by atoms with E-state index in [1.165, 1.54) is 11.8 Å². The Kier molecular flexibility index (Phi) is 2.13. The lowest BCUT2D eigenvalue weighted by Gasteiger charge is -1.95. The fourth-order valence-corrected chi connectivity index (χ4v) is 1.18. The number of nitrogens with zero attached hydrogens (tertiary/aromatic N) is 1. The standard InChI is InChI=1S/C6H5N3S/c7-3-5(4-8)6-9-1-2-10-6/h1-3,7,9H/b6-5-,7-3?. The molecule has 0 radical (unpaired) electrons. The van der Waals surface area contributed by atoms with Crippen LogP contribution in [-0.2, 0) is 0 Å². The molecule has 0 unspecified atom stereocenters. The van der Waals surface area contributed by atoms with Crippen LogP contribution in [0.25, 0.3) is 0 Å². The summed E-state index contributed by atoms with van der Waals surface area (Å²) in [5, 5.41) is 20.7. The van der Waals surface area contributed by atoms with Crippen LogP contribution < -0.4 is 5.32 Å². The molecule has 0 aromatic carbocycles. The van der Waals surface area contributed by atoms with Crippen molar-refractivity contribution >= 4 is 18.0 Å². The molecule has 1 aliphatic heterocycles. The van der Waals surface area contributed by atoms with Gasteiger partial charge in [0.05, 0.1) is 10.6 Å². The molecule has 0 aromatic rings.